The molecular weight excluding hydrogens is 437 g/mol. The molecule has 0 spiro atoms. The standard InChI is InChI=1S/C22H17ClFN5OS/c1-14-4-7-17(11-19(14)24)26-20(30)13-31-22-28-27-21(15-3-2-10-25-12-15)29(22)18-8-5-16(23)6-9-18/h2-12H,13H2,1H3,(H,26,30). The highest BCUT2D eigenvalue weighted by molar-refractivity contribution is 7.99. The molecule has 2 heterocycles. The predicted molar refractivity (Wildman–Crippen MR) is 120 cm³/mol. The van der Waals surface area contributed by atoms with Gasteiger partial charge >= 0.3 is 0 Å². The fourth-order valence-corrected chi connectivity index (χ4v) is 3.74. The van der Waals surface area contributed by atoms with Gasteiger partial charge in [0.05, 0.1) is 5.75 Å². The maximum absolute atomic E-state index is 13.7. The zero-order chi connectivity index (χ0) is 21.8. The number of rotatable bonds is 6. The highest BCUT2D eigenvalue weighted by atomic mass is 35.5. The normalized spacial score (nSPS) is 10.8. The first-order valence-electron chi connectivity index (χ1n) is 9.32. The number of hydrogen-bond acceptors (Lipinski definition) is 5. The molecule has 0 radical (unpaired) electrons. The van der Waals surface area contributed by atoms with E-state index in [1.54, 1.807) is 43.6 Å². The van der Waals surface area contributed by atoms with Crippen molar-refractivity contribution in [1.29, 1.82) is 0 Å². The van der Waals surface area contributed by atoms with Gasteiger partial charge in [0.2, 0.25) is 5.91 Å². The number of pyridine rings is 1. The zero-order valence-corrected chi connectivity index (χ0v) is 18.0. The minimum absolute atomic E-state index is 0.0776. The quantitative estimate of drug-likeness (QED) is 0.408. The molecule has 4 rings (SSSR count). The van der Waals surface area contributed by atoms with Crippen molar-refractivity contribution in [2.45, 2.75) is 12.1 Å². The third-order valence-corrected chi connectivity index (χ3v) is 5.61. The third kappa shape index (κ3) is 4.92. The van der Waals surface area contributed by atoms with Crippen molar-refractivity contribution in [3.8, 4) is 17.1 Å². The molecule has 0 bridgehead atoms. The second kappa shape index (κ2) is 9.28. The summed E-state index contributed by atoms with van der Waals surface area (Å²) in [6, 6.07) is 15.5. The highest BCUT2D eigenvalue weighted by Gasteiger charge is 2.17. The van der Waals surface area contributed by atoms with Gasteiger partial charge in [0.25, 0.3) is 0 Å². The van der Waals surface area contributed by atoms with E-state index in [1.807, 2.05) is 28.8 Å². The summed E-state index contributed by atoms with van der Waals surface area (Å²) in [5.74, 6) is 0.0312. The molecular formula is C22H17ClFN5OS. The lowest BCUT2D eigenvalue weighted by Crippen LogP contribution is -2.14. The average Bonchev–Trinajstić information content (AvgIpc) is 3.20. The summed E-state index contributed by atoms with van der Waals surface area (Å²) >= 11 is 7.26. The van der Waals surface area contributed by atoms with E-state index in [2.05, 4.69) is 20.5 Å². The summed E-state index contributed by atoms with van der Waals surface area (Å²) < 4.78 is 15.6. The van der Waals surface area contributed by atoms with Crippen LogP contribution in [0.15, 0.2) is 72.1 Å². The van der Waals surface area contributed by atoms with Gasteiger partial charge in [-0.05, 0) is 61.0 Å². The molecule has 1 N–H and O–H groups in total. The number of aryl methyl sites for hydroxylation is 1. The Bertz CT molecular complexity index is 1210. The number of nitrogens with one attached hydrogen (secondary N) is 1. The number of carbonyl (C=O) groups is 1. The number of nitrogens with zero attached hydrogens (tertiary/aromatic N) is 4. The van der Waals surface area contributed by atoms with Gasteiger partial charge < -0.3 is 5.32 Å². The van der Waals surface area contributed by atoms with Crippen molar-refractivity contribution in [2.24, 2.45) is 0 Å². The van der Waals surface area contributed by atoms with E-state index < -0.39 is 0 Å². The van der Waals surface area contributed by atoms with Crippen LogP contribution >= 0.6 is 23.4 Å². The molecule has 0 aliphatic rings. The Labute approximate surface area is 187 Å². The van der Waals surface area contributed by atoms with Crippen molar-refractivity contribution in [3.63, 3.8) is 0 Å². The molecule has 0 saturated heterocycles. The number of aromatic nitrogens is 4. The second-order valence-corrected chi connectivity index (χ2v) is 8.04. The van der Waals surface area contributed by atoms with Crippen LogP contribution in [0.1, 0.15) is 5.56 Å². The van der Waals surface area contributed by atoms with Crippen molar-refractivity contribution >= 4 is 35.0 Å². The van der Waals surface area contributed by atoms with Crippen LogP contribution in [-0.4, -0.2) is 31.4 Å². The van der Waals surface area contributed by atoms with E-state index in [0.717, 1.165) is 11.3 Å². The number of hydrogen-bond donors (Lipinski definition) is 1. The Morgan fingerprint density at radius 3 is 2.68 bits per heavy atom. The molecule has 2 aromatic heterocycles. The summed E-state index contributed by atoms with van der Waals surface area (Å²) in [4.78, 5) is 16.6. The molecule has 0 atom stereocenters. The fourth-order valence-electron chi connectivity index (χ4n) is 2.87. The minimum Gasteiger partial charge on any atom is -0.325 e. The van der Waals surface area contributed by atoms with Crippen LogP contribution in [0.2, 0.25) is 5.02 Å². The SMILES string of the molecule is Cc1ccc(NC(=O)CSc2nnc(-c3cccnc3)n2-c2ccc(Cl)cc2)cc1F. The topological polar surface area (TPSA) is 72.7 Å². The lowest BCUT2D eigenvalue weighted by Gasteiger charge is -2.11. The molecule has 9 heteroatoms. The van der Waals surface area contributed by atoms with Crippen molar-refractivity contribution in [3.05, 3.63) is 83.4 Å². The van der Waals surface area contributed by atoms with Gasteiger partial charge in [-0.3, -0.25) is 14.3 Å². The van der Waals surface area contributed by atoms with Gasteiger partial charge in [-0.15, -0.1) is 10.2 Å². The molecule has 0 aliphatic heterocycles. The number of carbonyl (C=O) groups excluding carboxylic acids is 1. The number of amides is 1. The number of halogens is 2. The van der Waals surface area contributed by atoms with Gasteiger partial charge in [-0.2, -0.15) is 0 Å². The molecule has 156 valence electrons. The highest BCUT2D eigenvalue weighted by Crippen LogP contribution is 2.28. The van der Waals surface area contributed by atoms with E-state index in [9.17, 15) is 9.18 Å². The lowest BCUT2D eigenvalue weighted by atomic mass is 10.2. The predicted octanol–water partition coefficient (Wildman–Crippen LogP) is 5.16. The van der Waals surface area contributed by atoms with Gasteiger partial charge in [0, 0.05) is 34.4 Å². The molecule has 0 unspecified atom stereocenters. The van der Waals surface area contributed by atoms with Crippen LogP contribution in [0.3, 0.4) is 0 Å². The van der Waals surface area contributed by atoms with E-state index >= 15 is 0 Å². The lowest BCUT2D eigenvalue weighted by molar-refractivity contribution is -0.113. The van der Waals surface area contributed by atoms with Gasteiger partial charge in [0.15, 0.2) is 11.0 Å². The van der Waals surface area contributed by atoms with Crippen LogP contribution < -0.4 is 5.32 Å². The second-order valence-electron chi connectivity index (χ2n) is 6.66. The van der Waals surface area contributed by atoms with Gasteiger partial charge in [0.1, 0.15) is 5.82 Å². The molecule has 0 fully saturated rings. The van der Waals surface area contributed by atoms with Gasteiger partial charge in [-0.1, -0.05) is 29.4 Å². The number of benzene rings is 2. The number of anilines is 1. The van der Waals surface area contributed by atoms with E-state index in [0.29, 0.717) is 27.3 Å². The fraction of sp³-hybridized carbons (Fsp3) is 0.0909. The maximum Gasteiger partial charge on any atom is 0.234 e. The summed E-state index contributed by atoms with van der Waals surface area (Å²) in [7, 11) is 0. The first kappa shape index (κ1) is 21.0. The van der Waals surface area contributed by atoms with Crippen LogP contribution in [-0.2, 0) is 4.79 Å². The molecule has 1 amide bonds. The van der Waals surface area contributed by atoms with Crippen LogP contribution in [0.25, 0.3) is 17.1 Å². The molecule has 2 aromatic carbocycles. The molecule has 4 aromatic rings. The minimum atomic E-state index is -0.367. The van der Waals surface area contributed by atoms with Crippen molar-refractivity contribution in [2.75, 3.05) is 11.1 Å². The number of thioether (sulfide) groups is 1. The largest absolute Gasteiger partial charge is 0.325 e. The maximum atomic E-state index is 13.7. The van der Waals surface area contributed by atoms with Crippen molar-refractivity contribution in [1.82, 2.24) is 19.7 Å². The first-order chi connectivity index (χ1) is 15.0. The average molecular weight is 454 g/mol. The van der Waals surface area contributed by atoms with Gasteiger partial charge in [-0.25, -0.2) is 4.39 Å². The molecule has 0 saturated carbocycles. The Morgan fingerprint density at radius 2 is 1.97 bits per heavy atom. The molecule has 31 heavy (non-hydrogen) atoms. The Kier molecular flexibility index (Phi) is 6.29. The van der Waals surface area contributed by atoms with E-state index in [-0.39, 0.29) is 17.5 Å². The third-order valence-electron chi connectivity index (χ3n) is 4.43. The Hall–Kier alpha value is -3.23. The van der Waals surface area contributed by atoms with Crippen LogP contribution in [0, 0.1) is 12.7 Å². The first-order valence-corrected chi connectivity index (χ1v) is 10.7. The van der Waals surface area contributed by atoms with E-state index in [4.69, 9.17) is 11.6 Å². The smallest absolute Gasteiger partial charge is 0.234 e. The van der Waals surface area contributed by atoms with Crippen molar-refractivity contribution < 1.29 is 9.18 Å². The summed E-state index contributed by atoms with van der Waals surface area (Å²) in [5.41, 5.74) is 2.52. The van der Waals surface area contributed by atoms with Crippen LogP contribution in [0.5, 0.6) is 0 Å². The summed E-state index contributed by atoms with van der Waals surface area (Å²) in [6.07, 6.45) is 3.38. The summed E-state index contributed by atoms with van der Waals surface area (Å²) in [5, 5.41) is 12.4. The molecule has 6 nitrogen and oxygen atoms in total. The Morgan fingerprint density at radius 1 is 1.16 bits per heavy atom. The van der Waals surface area contributed by atoms with E-state index in [1.165, 1.54) is 17.8 Å². The monoisotopic (exact) mass is 453 g/mol. The summed E-state index contributed by atoms with van der Waals surface area (Å²) in [6.45, 7) is 1.67. The molecule has 0 aliphatic carbocycles. The van der Waals surface area contributed by atoms with Crippen LogP contribution in [0.4, 0.5) is 10.1 Å². The Balaban J connectivity index is 1.57. The zero-order valence-electron chi connectivity index (χ0n) is 16.4.